The Labute approximate surface area is 296 Å². The number of aryl methyl sites for hydroxylation is 2. The average molecular weight is 699 g/mol. The van der Waals surface area contributed by atoms with Crippen LogP contribution in [0.2, 0.25) is 0 Å². The number of carboxylic acids is 1. The largest absolute Gasteiger partial charge is 0.492 e. The number of nitrogens with one attached hydrogen (secondary N) is 3. The monoisotopic (exact) mass is 698 g/mol. The molecule has 0 fully saturated rings. The maximum Gasteiger partial charge on any atom is 0.407 e. The number of rotatable bonds is 5. The van der Waals surface area contributed by atoms with Gasteiger partial charge in [-0.05, 0) is 61.4 Å². The number of benzene rings is 4. The Morgan fingerprint density at radius 1 is 0.706 bits per heavy atom. The van der Waals surface area contributed by atoms with Crippen LogP contribution >= 0.6 is 0 Å². The zero-order valence-electron chi connectivity index (χ0n) is 28.9. The number of carbonyl (C=O) groups excluding carboxylic acids is 3. The standard InChI is InChI=1S/C19H20N2O4.C12H13NO5.C7H9N/c1-12-5-3-6-13(11-12)20-18(22)15-8-4-7-14-16(21-19(23)24-2)9-10-25-17(14)15;1-17-12(16)13-9-5-6-18-10-7(9)3-2-4-8(10)11(14)15;1-6-3-2-4-7(8)5-6/h3-8,11,16H,9-10H2,1-2H3,(H,20,22)(H,21,23);2-4,9H,5-6H2,1H3,(H,13,16)(H,14,15);2-5H,8H2,1H3/t16-;9-;/m00./s1. The van der Waals surface area contributed by atoms with E-state index >= 15 is 0 Å². The summed E-state index contributed by atoms with van der Waals surface area (Å²) >= 11 is 0. The van der Waals surface area contributed by atoms with Crippen molar-refractivity contribution in [2.24, 2.45) is 0 Å². The summed E-state index contributed by atoms with van der Waals surface area (Å²) in [7, 11) is 2.60. The number of para-hydroxylation sites is 2. The van der Waals surface area contributed by atoms with Crippen molar-refractivity contribution in [2.45, 2.75) is 38.8 Å². The van der Waals surface area contributed by atoms with Crippen molar-refractivity contribution < 1.29 is 43.2 Å². The van der Waals surface area contributed by atoms with E-state index in [-0.39, 0.29) is 23.6 Å². The van der Waals surface area contributed by atoms with Gasteiger partial charge < -0.3 is 45.7 Å². The number of amides is 3. The van der Waals surface area contributed by atoms with Crippen LogP contribution in [-0.4, -0.2) is 56.6 Å². The summed E-state index contributed by atoms with van der Waals surface area (Å²) in [6.07, 6.45) is 0.136. The van der Waals surface area contributed by atoms with Gasteiger partial charge in [-0.15, -0.1) is 0 Å². The maximum atomic E-state index is 12.7. The molecule has 4 aromatic carbocycles. The third-order valence-corrected chi connectivity index (χ3v) is 7.90. The van der Waals surface area contributed by atoms with Crippen LogP contribution in [0, 0.1) is 13.8 Å². The molecule has 2 heterocycles. The van der Waals surface area contributed by atoms with Gasteiger partial charge in [0.1, 0.15) is 17.1 Å². The fourth-order valence-electron chi connectivity index (χ4n) is 5.49. The zero-order chi connectivity index (χ0) is 36.9. The van der Waals surface area contributed by atoms with E-state index in [0.29, 0.717) is 48.7 Å². The number of anilines is 2. The lowest BCUT2D eigenvalue weighted by Crippen LogP contribution is -2.32. The van der Waals surface area contributed by atoms with E-state index in [1.807, 2.05) is 68.4 Å². The van der Waals surface area contributed by atoms with Gasteiger partial charge in [0.05, 0.1) is 45.1 Å². The number of aromatic carboxylic acids is 1. The van der Waals surface area contributed by atoms with Crippen LogP contribution in [0.5, 0.6) is 11.5 Å². The normalized spacial score (nSPS) is 15.1. The minimum absolute atomic E-state index is 0.101. The lowest BCUT2D eigenvalue weighted by molar-refractivity contribution is 0.0690. The van der Waals surface area contributed by atoms with Gasteiger partial charge in [-0.2, -0.15) is 0 Å². The molecule has 6 N–H and O–H groups in total. The molecule has 0 saturated heterocycles. The summed E-state index contributed by atoms with van der Waals surface area (Å²) in [5, 5.41) is 17.4. The first-order chi connectivity index (χ1) is 24.5. The van der Waals surface area contributed by atoms with Gasteiger partial charge in [-0.1, -0.05) is 48.5 Å². The summed E-state index contributed by atoms with van der Waals surface area (Å²) < 4.78 is 20.3. The number of carbonyl (C=O) groups is 4. The molecular weight excluding hydrogens is 656 g/mol. The summed E-state index contributed by atoms with van der Waals surface area (Å²) in [5.41, 5.74) is 11.3. The Bertz CT molecular complexity index is 1850. The summed E-state index contributed by atoms with van der Waals surface area (Å²) in [5.74, 6) is -0.482. The molecule has 51 heavy (non-hydrogen) atoms. The minimum atomic E-state index is -1.05. The highest BCUT2D eigenvalue weighted by Gasteiger charge is 2.28. The second-order valence-electron chi connectivity index (χ2n) is 11.6. The van der Waals surface area contributed by atoms with E-state index in [1.165, 1.54) is 25.8 Å². The minimum Gasteiger partial charge on any atom is -0.492 e. The van der Waals surface area contributed by atoms with Crippen molar-refractivity contribution in [2.75, 3.05) is 38.5 Å². The molecule has 0 spiro atoms. The molecule has 0 aliphatic carbocycles. The molecule has 13 heteroatoms. The Morgan fingerprint density at radius 2 is 1.20 bits per heavy atom. The van der Waals surface area contributed by atoms with Gasteiger partial charge in [-0.25, -0.2) is 14.4 Å². The van der Waals surface area contributed by atoms with E-state index in [9.17, 15) is 19.2 Å². The molecule has 2 aliphatic rings. The van der Waals surface area contributed by atoms with Crippen molar-refractivity contribution >= 4 is 35.4 Å². The van der Waals surface area contributed by atoms with Crippen LogP contribution in [-0.2, 0) is 9.47 Å². The number of ether oxygens (including phenoxy) is 4. The molecule has 3 amide bonds. The van der Waals surface area contributed by atoms with E-state index in [2.05, 4.69) is 25.4 Å². The Hall–Kier alpha value is -6.24. The van der Waals surface area contributed by atoms with Gasteiger partial charge in [-0.3, -0.25) is 4.79 Å². The van der Waals surface area contributed by atoms with Crippen LogP contribution in [0.4, 0.5) is 21.0 Å². The number of hydrogen-bond acceptors (Lipinski definition) is 9. The molecule has 0 bridgehead atoms. The molecule has 13 nitrogen and oxygen atoms in total. The summed E-state index contributed by atoms with van der Waals surface area (Å²) in [4.78, 5) is 46.5. The molecular formula is C38H42N4O9. The van der Waals surface area contributed by atoms with Gasteiger partial charge in [0.2, 0.25) is 0 Å². The molecule has 0 radical (unpaired) electrons. The predicted molar refractivity (Wildman–Crippen MR) is 191 cm³/mol. The first kappa shape index (κ1) is 37.6. The average Bonchev–Trinajstić information content (AvgIpc) is 3.11. The summed E-state index contributed by atoms with van der Waals surface area (Å²) in [6.45, 7) is 4.75. The SMILES string of the molecule is COC(=O)N[C@H]1CCOc2c(C(=O)Nc3cccc(C)c3)cccc21.COC(=O)N[C@H]1CCOc2c(C(=O)O)cccc21.Cc1cccc(N)c1. The second kappa shape index (κ2) is 18.0. The number of nitrogen functional groups attached to an aromatic ring is 1. The fourth-order valence-corrected chi connectivity index (χ4v) is 5.49. The number of carboxylic acid groups (broad SMARTS) is 1. The van der Waals surface area contributed by atoms with Gasteiger partial charge in [0.15, 0.2) is 0 Å². The Morgan fingerprint density at radius 3 is 1.67 bits per heavy atom. The lowest BCUT2D eigenvalue weighted by atomic mass is 9.97. The fraction of sp³-hybridized carbons (Fsp3) is 0.263. The Balaban J connectivity index is 0.000000194. The van der Waals surface area contributed by atoms with Gasteiger partial charge in [0, 0.05) is 35.3 Å². The van der Waals surface area contributed by atoms with Crippen molar-refractivity contribution in [3.63, 3.8) is 0 Å². The topological polar surface area (TPSA) is 188 Å². The van der Waals surface area contributed by atoms with E-state index in [1.54, 1.807) is 24.3 Å². The quantitative estimate of drug-likeness (QED) is 0.143. The van der Waals surface area contributed by atoms with Crippen LogP contribution in [0.1, 0.15) is 67.9 Å². The highest BCUT2D eigenvalue weighted by molar-refractivity contribution is 6.06. The second-order valence-corrected chi connectivity index (χ2v) is 11.6. The molecule has 2 atom stereocenters. The van der Waals surface area contributed by atoms with Gasteiger partial charge in [0.25, 0.3) is 5.91 Å². The molecule has 6 rings (SSSR count). The van der Waals surface area contributed by atoms with Gasteiger partial charge >= 0.3 is 18.2 Å². The van der Waals surface area contributed by atoms with Crippen molar-refractivity contribution in [1.82, 2.24) is 10.6 Å². The lowest BCUT2D eigenvalue weighted by Gasteiger charge is -2.27. The molecule has 0 aromatic heterocycles. The number of fused-ring (bicyclic) bond motifs is 2. The van der Waals surface area contributed by atoms with E-state index in [0.717, 1.165) is 22.5 Å². The third kappa shape index (κ3) is 10.4. The highest BCUT2D eigenvalue weighted by Crippen LogP contribution is 2.36. The number of alkyl carbamates (subject to hydrolysis) is 2. The first-order valence-electron chi connectivity index (χ1n) is 16.1. The van der Waals surface area contributed by atoms with Crippen LogP contribution in [0.15, 0.2) is 84.9 Å². The number of nitrogens with two attached hydrogens (primary N) is 1. The van der Waals surface area contributed by atoms with E-state index in [4.69, 9.17) is 20.3 Å². The molecule has 0 unspecified atom stereocenters. The predicted octanol–water partition coefficient (Wildman–Crippen LogP) is 6.57. The van der Waals surface area contributed by atoms with Crippen LogP contribution in [0.25, 0.3) is 0 Å². The van der Waals surface area contributed by atoms with E-state index < -0.39 is 18.2 Å². The summed E-state index contributed by atoms with van der Waals surface area (Å²) in [6, 6.07) is 25.0. The molecule has 4 aromatic rings. The molecule has 2 aliphatic heterocycles. The smallest absolute Gasteiger partial charge is 0.407 e. The van der Waals surface area contributed by atoms with Crippen molar-refractivity contribution in [1.29, 1.82) is 0 Å². The molecule has 0 saturated carbocycles. The zero-order valence-corrected chi connectivity index (χ0v) is 28.9. The number of hydrogen-bond donors (Lipinski definition) is 5. The highest BCUT2D eigenvalue weighted by atomic mass is 16.5. The van der Waals surface area contributed by atoms with Crippen molar-refractivity contribution in [3.05, 3.63) is 118 Å². The van der Waals surface area contributed by atoms with Crippen molar-refractivity contribution in [3.8, 4) is 11.5 Å². The van der Waals surface area contributed by atoms with Crippen LogP contribution in [0.3, 0.4) is 0 Å². The van der Waals surface area contributed by atoms with Crippen LogP contribution < -0.4 is 31.2 Å². The maximum absolute atomic E-state index is 12.7. The Kier molecular flexibility index (Phi) is 13.2. The first-order valence-corrected chi connectivity index (χ1v) is 16.1. The number of methoxy groups -OCH3 is 2. The molecule has 268 valence electrons. The third-order valence-electron chi connectivity index (χ3n) is 7.90.